The maximum absolute atomic E-state index is 5.84. The smallest absolute Gasteiger partial charge is 0.119 e. The second kappa shape index (κ2) is 9.92. The normalized spacial score (nSPS) is 21.7. The largest absolute Gasteiger partial charge is 0.494 e. The van der Waals surface area contributed by atoms with Crippen molar-refractivity contribution in [1.82, 2.24) is 0 Å². The first-order chi connectivity index (χ1) is 10.8. The molecule has 0 atom stereocenters. The molecule has 1 aliphatic carbocycles. The summed E-state index contributed by atoms with van der Waals surface area (Å²) in [6.45, 7) is 5.42. The lowest BCUT2D eigenvalue weighted by Crippen LogP contribution is -2.13. The van der Waals surface area contributed by atoms with Gasteiger partial charge in [-0.15, -0.1) is 0 Å². The van der Waals surface area contributed by atoms with Crippen molar-refractivity contribution in [2.24, 2.45) is 5.92 Å². The molecule has 0 spiro atoms. The van der Waals surface area contributed by atoms with Crippen molar-refractivity contribution in [3.8, 4) is 5.75 Å². The molecule has 1 aromatic rings. The summed E-state index contributed by atoms with van der Waals surface area (Å²) < 4.78 is 5.84. The van der Waals surface area contributed by atoms with Crippen molar-refractivity contribution < 1.29 is 4.74 Å². The van der Waals surface area contributed by atoms with Gasteiger partial charge in [0, 0.05) is 0 Å². The molecule has 2 rings (SSSR count). The Kier molecular flexibility index (Phi) is 7.83. The monoisotopic (exact) mass is 302 g/mol. The number of benzene rings is 1. The Morgan fingerprint density at radius 1 is 0.864 bits per heavy atom. The summed E-state index contributed by atoms with van der Waals surface area (Å²) in [5.74, 6) is 2.82. The number of hydrogen-bond donors (Lipinski definition) is 0. The molecular weight excluding hydrogens is 268 g/mol. The topological polar surface area (TPSA) is 9.23 Å². The van der Waals surface area contributed by atoms with Crippen LogP contribution < -0.4 is 4.74 Å². The SMILES string of the molecule is CCCCCCOc1ccc([C@H]2CC[C@H](CCC)CC2)cc1. The number of rotatable bonds is 9. The molecule has 1 aliphatic rings. The number of unbranched alkanes of at least 4 members (excludes halogenated alkanes) is 3. The Balaban J connectivity index is 1.72. The van der Waals surface area contributed by atoms with Gasteiger partial charge in [0.05, 0.1) is 6.61 Å². The van der Waals surface area contributed by atoms with Crippen molar-refractivity contribution >= 4 is 0 Å². The average molecular weight is 303 g/mol. The molecule has 1 aromatic carbocycles. The molecule has 0 radical (unpaired) electrons. The minimum atomic E-state index is 0.784. The van der Waals surface area contributed by atoms with Gasteiger partial charge in [-0.25, -0.2) is 0 Å². The first kappa shape index (κ1) is 17.4. The Morgan fingerprint density at radius 3 is 2.23 bits per heavy atom. The van der Waals surface area contributed by atoms with E-state index >= 15 is 0 Å². The number of hydrogen-bond acceptors (Lipinski definition) is 1. The molecule has 0 amide bonds. The van der Waals surface area contributed by atoms with Gasteiger partial charge >= 0.3 is 0 Å². The van der Waals surface area contributed by atoms with Gasteiger partial charge in [-0.3, -0.25) is 0 Å². The quantitative estimate of drug-likeness (QED) is 0.460. The van der Waals surface area contributed by atoms with E-state index in [1.165, 1.54) is 69.8 Å². The average Bonchev–Trinajstić information content (AvgIpc) is 2.56. The van der Waals surface area contributed by atoms with Crippen LogP contribution in [0.2, 0.25) is 0 Å². The van der Waals surface area contributed by atoms with E-state index in [1.54, 1.807) is 0 Å². The second-order valence-electron chi connectivity index (χ2n) is 6.98. The molecule has 124 valence electrons. The Morgan fingerprint density at radius 2 is 1.59 bits per heavy atom. The maximum Gasteiger partial charge on any atom is 0.119 e. The lowest BCUT2D eigenvalue weighted by Gasteiger charge is -2.28. The van der Waals surface area contributed by atoms with Crippen LogP contribution in [0.15, 0.2) is 24.3 Å². The minimum absolute atomic E-state index is 0.784. The third-order valence-corrected chi connectivity index (χ3v) is 5.16. The van der Waals surface area contributed by atoms with Crippen LogP contribution in [-0.2, 0) is 0 Å². The molecule has 1 heteroatoms. The predicted octanol–water partition coefficient (Wildman–Crippen LogP) is 6.72. The van der Waals surface area contributed by atoms with E-state index in [0.717, 1.165) is 24.2 Å². The van der Waals surface area contributed by atoms with Crippen molar-refractivity contribution in [2.45, 2.75) is 84.0 Å². The molecular formula is C21H34O. The van der Waals surface area contributed by atoms with E-state index in [0.29, 0.717) is 0 Å². The highest BCUT2D eigenvalue weighted by atomic mass is 16.5. The summed E-state index contributed by atoms with van der Waals surface area (Å²) in [5, 5.41) is 0. The first-order valence-electron chi connectivity index (χ1n) is 9.56. The fourth-order valence-corrected chi connectivity index (χ4v) is 3.75. The predicted molar refractivity (Wildman–Crippen MR) is 95.7 cm³/mol. The fraction of sp³-hybridized carbons (Fsp3) is 0.714. The van der Waals surface area contributed by atoms with Gasteiger partial charge in [0.25, 0.3) is 0 Å². The van der Waals surface area contributed by atoms with Gasteiger partial charge in [-0.05, 0) is 61.6 Å². The fourth-order valence-electron chi connectivity index (χ4n) is 3.75. The summed E-state index contributed by atoms with van der Waals surface area (Å²) in [6, 6.07) is 8.94. The molecule has 22 heavy (non-hydrogen) atoms. The zero-order valence-electron chi connectivity index (χ0n) is 14.7. The van der Waals surface area contributed by atoms with Gasteiger partial charge in [0.15, 0.2) is 0 Å². The van der Waals surface area contributed by atoms with Crippen LogP contribution in [0.1, 0.15) is 89.5 Å². The Bertz CT molecular complexity index is 387. The van der Waals surface area contributed by atoms with Gasteiger partial charge in [-0.2, -0.15) is 0 Å². The van der Waals surface area contributed by atoms with Crippen molar-refractivity contribution in [2.75, 3.05) is 6.61 Å². The van der Waals surface area contributed by atoms with Crippen molar-refractivity contribution in [1.29, 1.82) is 0 Å². The summed E-state index contributed by atoms with van der Waals surface area (Å²) in [7, 11) is 0. The molecule has 0 heterocycles. The van der Waals surface area contributed by atoms with E-state index in [2.05, 4.69) is 38.1 Å². The van der Waals surface area contributed by atoms with E-state index in [9.17, 15) is 0 Å². The van der Waals surface area contributed by atoms with Crippen LogP contribution in [0.25, 0.3) is 0 Å². The molecule has 0 N–H and O–H groups in total. The molecule has 1 fully saturated rings. The summed E-state index contributed by atoms with van der Waals surface area (Å²) >= 11 is 0. The summed E-state index contributed by atoms with van der Waals surface area (Å²) in [6.07, 6.45) is 13.5. The summed E-state index contributed by atoms with van der Waals surface area (Å²) in [4.78, 5) is 0. The standard InChI is InChI=1S/C21H34O/c1-3-5-6-7-17-22-21-15-13-20(14-16-21)19-11-9-18(8-4-2)10-12-19/h13-16,18-19H,3-12,17H2,1-2H3/t18-,19-. The molecule has 1 saturated carbocycles. The molecule has 0 aliphatic heterocycles. The summed E-state index contributed by atoms with van der Waals surface area (Å²) in [5.41, 5.74) is 1.52. The third kappa shape index (κ3) is 5.66. The third-order valence-electron chi connectivity index (χ3n) is 5.16. The zero-order chi connectivity index (χ0) is 15.6. The Hall–Kier alpha value is -0.980. The van der Waals surface area contributed by atoms with E-state index in [1.807, 2.05) is 0 Å². The van der Waals surface area contributed by atoms with Crippen LogP contribution >= 0.6 is 0 Å². The first-order valence-corrected chi connectivity index (χ1v) is 9.56. The van der Waals surface area contributed by atoms with Crippen LogP contribution in [0.4, 0.5) is 0 Å². The van der Waals surface area contributed by atoms with Crippen LogP contribution in [0, 0.1) is 5.92 Å². The van der Waals surface area contributed by atoms with Crippen LogP contribution in [0.3, 0.4) is 0 Å². The second-order valence-corrected chi connectivity index (χ2v) is 6.98. The minimum Gasteiger partial charge on any atom is -0.494 e. The van der Waals surface area contributed by atoms with Crippen LogP contribution in [0.5, 0.6) is 5.75 Å². The Labute approximate surface area is 137 Å². The molecule has 0 saturated heterocycles. The number of ether oxygens (including phenoxy) is 1. The lowest BCUT2D eigenvalue weighted by molar-refractivity contribution is 0.302. The molecule has 0 unspecified atom stereocenters. The maximum atomic E-state index is 5.84. The van der Waals surface area contributed by atoms with Gasteiger partial charge < -0.3 is 4.74 Å². The van der Waals surface area contributed by atoms with Gasteiger partial charge in [0.1, 0.15) is 5.75 Å². The van der Waals surface area contributed by atoms with E-state index in [4.69, 9.17) is 4.74 Å². The van der Waals surface area contributed by atoms with Crippen LogP contribution in [-0.4, -0.2) is 6.61 Å². The van der Waals surface area contributed by atoms with E-state index in [-0.39, 0.29) is 0 Å². The zero-order valence-corrected chi connectivity index (χ0v) is 14.7. The molecule has 0 aromatic heterocycles. The van der Waals surface area contributed by atoms with Crippen molar-refractivity contribution in [3.63, 3.8) is 0 Å². The lowest BCUT2D eigenvalue weighted by atomic mass is 9.77. The molecule has 0 bridgehead atoms. The highest BCUT2D eigenvalue weighted by Gasteiger charge is 2.21. The van der Waals surface area contributed by atoms with Gasteiger partial charge in [-0.1, -0.05) is 58.1 Å². The highest BCUT2D eigenvalue weighted by molar-refractivity contribution is 5.29. The molecule has 1 nitrogen and oxygen atoms in total. The van der Waals surface area contributed by atoms with E-state index < -0.39 is 0 Å². The highest BCUT2D eigenvalue weighted by Crippen LogP contribution is 2.37. The van der Waals surface area contributed by atoms with Crippen molar-refractivity contribution in [3.05, 3.63) is 29.8 Å². The van der Waals surface area contributed by atoms with Gasteiger partial charge in [0.2, 0.25) is 0 Å².